The highest BCUT2D eigenvalue weighted by molar-refractivity contribution is 9.10. The second-order valence-corrected chi connectivity index (χ2v) is 11.1. The minimum absolute atomic E-state index is 0.0137. The quantitative estimate of drug-likeness (QED) is 0.220. The van der Waals surface area contributed by atoms with E-state index < -0.39 is 10.0 Å². The lowest BCUT2D eigenvalue weighted by molar-refractivity contribution is 0.577. The number of nitrogens with one attached hydrogen (secondary N) is 2. The first kappa shape index (κ1) is 25.2. The van der Waals surface area contributed by atoms with E-state index in [0.29, 0.717) is 35.8 Å². The molecule has 2 heterocycles. The molecule has 0 aliphatic heterocycles. The van der Waals surface area contributed by atoms with Crippen molar-refractivity contribution in [3.05, 3.63) is 74.3 Å². The van der Waals surface area contributed by atoms with Crippen molar-refractivity contribution >= 4 is 72.2 Å². The van der Waals surface area contributed by atoms with Crippen molar-refractivity contribution in [2.24, 2.45) is 0 Å². The third-order valence-corrected chi connectivity index (χ3v) is 8.31. The Kier molecular flexibility index (Phi) is 8.01. The minimum atomic E-state index is -3.75. The van der Waals surface area contributed by atoms with Crippen LogP contribution in [-0.2, 0) is 10.0 Å². The molecule has 2 aromatic carbocycles. The van der Waals surface area contributed by atoms with Gasteiger partial charge in [-0.05, 0) is 47.0 Å². The van der Waals surface area contributed by atoms with Gasteiger partial charge in [0.25, 0.3) is 0 Å². The summed E-state index contributed by atoms with van der Waals surface area (Å²) in [6, 6.07) is 13.9. The second kappa shape index (κ2) is 10.8. The van der Waals surface area contributed by atoms with Crippen LogP contribution in [0.5, 0.6) is 0 Å². The number of hydrogen-bond donors (Lipinski definition) is 2. The van der Waals surface area contributed by atoms with Gasteiger partial charge in [0, 0.05) is 29.7 Å². The van der Waals surface area contributed by atoms with Gasteiger partial charge in [-0.3, -0.25) is 0 Å². The molecule has 0 radical (unpaired) electrons. The monoisotopic (exact) mass is 601 g/mol. The smallest absolute Gasteiger partial charge is 0.242 e. The van der Waals surface area contributed by atoms with Crippen LogP contribution >= 0.6 is 50.7 Å². The zero-order valence-electron chi connectivity index (χ0n) is 17.6. The Hall–Kier alpha value is -1.88. The normalized spacial score (nSPS) is 11.8. The molecule has 0 unspecified atom stereocenters. The topological polar surface area (TPSA) is 88.4 Å². The van der Waals surface area contributed by atoms with Crippen LogP contribution in [-0.4, -0.2) is 36.1 Å². The number of fused-ring (bicyclic) bond motifs is 1. The molecule has 0 saturated carbocycles. The summed E-state index contributed by atoms with van der Waals surface area (Å²) >= 11 is 21.8. The van der Waals surface area contributed by atoms with Gasteiger partial charge in [-0.15, -0.1) is 0 Å². The van der Waals surface area contributed by atoms with Crippen LogP contribution in [0.15, 0.2) is 64.1 Å². The summed E-state index contributed by atoms with van der Waals surface area (Å²) in [5.41, 5.74) is 2.19. The molecule has 0 atom stereocenters. The maximum absolute atomic E-state index is 12.5. The van der Waals surface area contributed by atoms with Crippen LogP contribution in [0.4, 0.5) is 5.82 Å². The zero-order valence-corrected chi connectivity index (χ0v) is 22.3. The van der Waals surface area contributed by atoms with E-state index in [1.807, 2.05) is 30.3 Å². The SMILES string of the molecule is O=S(=O)(NCCCCNc1cc(-c2ccccc2Cl)nc2c(Br)cnn12)c1cccc(Cl)c1Cl. The number of nitrogens with zero attached hydrogens (tertiary/aromatic N) is 3. The van der Waals surface area contributed by atoms with Crippen LogP contribution in [0, 0.1) is 0 Å². The highest BCUT2D eigenvalue weighted by Crippen LogP contribution is 2.31. The van der Waals surface area contributed by atoms with Gasteiger partial charge in [-0.1, -0.05) is 59.1 Å². The van der Waals surface area contributed by atoms with Crippen molar-refractivity contribution in [2.75, 3.05) is 18.4 Å². The average Bonchev–Trinajstić information content (AvgIpc) is 3.19. The van der Waals surface area contributed by atoms with Crippen molar-refractivity contribution in [1.29, 1.82) is 0 Å². The zero-order chi connectivity index (χ0) is 24.3. The summed E-state index contributed by atoms with van der Waals surface area (Å²) in [5.74, 6) is 0.747. The molecule has 2 aromatic heterocycles. The molecule has 0 saturated heterocycles. The van der Waals surface area contributed by atoms with Gasteiger partial charge in [-0.25, -0.2) is 18.1 Å². The lowest BCUT2D eigenvalue weighted by atomic mass is 10.1. The Balaban J connectivity index is 1.40. The van der Waals surface area contributed by atoms with E-state index >= 15 is 0 Å². The van der Waals surface area contributed by atoms with E-state index in [2.05, 4.69) is 36.1 Å². The Labute approximate surface area is 220 Å². The van der Waals surface area contributed by atoms with Crippen LogP contribution in [0.3, 0.4) is 0 Å². The van der Waals surface area contributed by atoms with Gasteiger partial charge in [0.15, 0.2) is 5.65 Å². The van der Waals surface area contributed by atoms with Gasteiger partial charge < -0.3 is 5.32 Å². The van der Waals surface area contributed by atoms with Gasteiger partial charge in [-0.2, -0.15) is 9.61 Å². The lowest BCUT2D eigenvalue weighted by Gasteiger charge is -2.12. The molecule has 34 heavy (non-hydrogen) atoms. The Morgan fingerprint density at radius 1 is 0.971 bits per heavy atom. The predicted octanol–water partition coefficient (Wildman–Crippen LogP) is 6.29. The predicted molar refractivity (Wildman–Crippen MR) is 141 cm³/mol. The first-order valence-electron chi connectivity index (χ1n) is 10.2. The van der Waals surface area contributed by atoms with Crippen molar-refractivity contribution in [3.63, 3.8) is 0 Å². The van der Waals surface area contributed by atoms with Gasteiger partial charge in [0.1, 0.15) is 10.7 Å². The molecule has 4 rings (SSSR count). The molecule has 4 aromatic rings. The van der Waals surface area contributed by atoms with E-state index in [4.69, 9.17) is 34.8 Å². The second-order valence-electron chi connectivity index (χ2n) is 7.32. The molecule has 2 N–H and O–H groups in total. The third kappa shape index (κ3) is 5.50. The molecule has 0 spiro atoms. The number of hydrogen-bond acceptors (Lipinski definition) is 5. The van der Waals surface area contributed by atoms with Crippen LogP contribution in [0.1, 0.15) is 12.8 Å². The summed E-state index contributed by atoms with van der Waals surface area (Å²) in [7, 11) is -3.75. The molecule has 0 fully saturated rings. The summed E-state index contributed by atoms with van der Waals surface area (Å²) in [4.78, 5) is 4.65. The standard InChI is InChI=1S/C22H19BrCl3N5O2S/c23-15-13-28-31-20(12-18(30-22(15)31)14-6-1-2-7-16(14)24)27-10-3-4-11-29-34(32,33)19-9-5-8-17(25)21(19)26/h1-2,5-9,12-13,27,29H,3-4,10-11H2. The molecule has 0 aliphatic rings. The molecule has 7 nitrogen and oxygen atoms in total. The molecule has 12 heteroatoms. The van der Waals surface area contributed by atoms with Crippen LogP contribution in [0.2, 0.25) is 15.1 Å². The number of benzene rings is 2. The highest BCUT2D eigenvalue weighted by Gasteiger charge is 2.19. The van der Waals surface area contributed by atoms with Gasteiger partial charge in [0.05, 0.1) is 26.4 Å². The maximum Gasteiger partial charge on any atom is 0.242 e. The summed E-state index contributed by atoms with van der Waals surface area (Å²) in [6.45, 7) is 0.856. The van der Waals surface area contributed by atoms with Crippen molar-refractivity contribution in [1.82, 2.24) is 19.3 Å². The van der Waals surface area contributed by atoms with Crippen molar-refractivity contribution < 1.29 is 8.42 Å². The van der Waals surface area contributed by atoms with Gasteiger partial charge in [0.2, 0.25) is 10.0 Å². The average molecular weight is 604 g/mol. The van der Waals surface area contributed by atoms with E-state index in [9.17, 15) is 8.42 Å². The number of aromatic nitrogens is 3. The summed E-state index contributed by atoms with van der Waals surface area (Å²) in [6.07, 6.45) is 3.00. The first-order chi connectivity index (χ1) is 16.3. The number of halogens is 4. The Morgan fingerprint density at radius 2 is 1.71 bits per heavy atom. The molecule has 0 aliphatic carbocycles. The summed E-state index contributed by atoms with van der Waals surface area (Å²) < 4.78 is 30.0. The van der Waals surface area contributed by atoms with E-state index in [-0.39, 0.29) is 21.5 Å². The number of anilines is 1. The molecule has 0 amide bonds. The third-order valence-electron chi connectivity index (χ3n) is 4.99. The first-order valence-corrected chi connectivity index (χ1v) is 13.7. The van der Waals surface area contributed by atoms with Crippen LogP contribution in [0.25, 0.3) is 16.9 Å². The maximum atomic E-state index is 12.5. The van der Waals surface area contributed by atoms with Gasteiger partial charge >= 0.3 is 0 Å². The fourth-order valence-electron chi connectivity index (χ4n) is 3.31. The molecule has 178 valence electrons. The fraction of sp³-hybridized carbons (Fsp3) is 0.182. The van der Waals surface area contributed by atoms with E-state index in [1.165, 1.54) is 6.07 Å². The number of sulfonamides is 1. The van der Waals surface area contributed by atoms with E-state index in [0.717, 1.165) is 15.9 Å². The van der Waals surface area contributed by atoms with E-state index in [1.54, 1.807) is 22.8 Å². The molecule has 0 bridgehead atoms. The number of rotatable bonds is 9. The highest BCUT2D eigenvalue weighted by atomic mass is 79.9. The largest absolute Gasteiger partial charge is 0.370 e. The summed E-state index contributed by atoms with van der Waals surface area (Å²) in [5, 5.41) is 8.54. The number of unbranched alkanes of at least 4 members (excludes halogenated alkanes) is 1. The van der Waals surface area contributed by atoms with Crippen molar-refractivity contribution in [2.45, 2.75) is 17.7 Å². The van der Waals surface area contributed by atoms with Crippen molar-refractivity contribution in [3.8, 4) is 11.3 Å². The van der Waals surface area contributed by atoms with Crippen LogP contribution < -0.4 is 10.0 Å². The fourth-order valence-corrected chi connectivity index (χ4v) is 5.73. The minimum Gasteiger partial charge on any atom is -0.370 e. The molecular formula is C22H19BrCl3N5O2S. The Bertz CT molecular complexity index is 1450. The Morgan fingerprint density at radius 3 is 2.50 bits per heavy atom. The lowest BCUT2D eigenvalue weighted by Crippen LogP contribution is -2.25. The molecular weight excluding hydrogens is 585 g/mol.